The van der Waals surface area contributed by atoms with E-state index in [1.165, 1.54) is 54.7 Å². The molecule has 4 nitrogen and oxygen atoms in total. The summed E-state index contributed by atoms with van der Waals surface area (Å²) in [7, 11) is -3.11. The van der Waals surface area contributed by atoms with Gasteiger partial charge < -0.3 is 14.4 Å². The Balaban J connectivity index is 0.00000458. The molecule has 0 radical (unpaired) electrons. The summed E-state index contributed by atoms with van der Waals surface area (Å²) in [5.41, 5.74) is 11.6. The van der Waals surface area contributed by atoms with Crippen LogP contribution in [0.4, 0.5) is 22.7 Å². The average Bonchev–Trinajstić information content (AvgIpc) is 3.87. The van der Waals surface area contributed by atoms with Gasteiger partial charge in [-0.1, -0.05) is 139 Å². The summed E-state index contributed by atoms with van der Waals surface area (Å²) in [6, 6.07) is 80.8. The van der Waals surface area contributed by atoms with Crippen LogP contribution in [0, 0.1) is 26.0 Å². The van der Waals surface area contributed by atoms with Gasteiger partial charge in [-0.3, -0.25) is 0 Å². The first kappa shape index (κ1) is 39.4. The van der Waals surface area contributed by atoms with Crippen molar-refractivity contribution in [2.24, 2.45) is 0 Å². The van der Waals surface area contributed by atoms with Crippen LogP contribution >= 0.6 is 0 Å². The quantitative estimate of drug-likeness (QED) is 0.0861. The second kappa shape index (κ2) is 16.2. The number of pyridine rings is 1. The van der Waals surface area contributed by atoms with Gasteiger partial charge in [0.05, 0.1) is 18.0 Å². The second-order valence-electron chi connectivity index (χ2n) is 15.9. The first-order valence-electron chi connectivity index (χ1n) is 20.9. The van der Waals surface area contributed by atoms with Gasteiger partial charge in [0.1, 0.15) is 13.9 Å². The van der Waals surface area contributed by atoms with Crippen LogP contribution < -0.4 is 30.5 Å². The maximum absolute atomic E-state index is 5.07. The van der Waals surface area contributed by atoms with Crippen molar-refractivity contribution in [2.45, 2.75) is 13.8 Å². The van der Waals surface area contributed by atoms with E-state index in [0.717, 1.165) is 38.7 Å². The third-order valence-corrected chi connectivity index (χ3v) is 17.0. The third-order valence-electron chi connectivity index (χ3n) is 12.4. The van der Waals surface area contributed by atoms with Crippen LogP contribution in [0.5, 0.6) is 0 Å². The molecule has 3 heterocycles. The van der Waals surface area contributed by atoms with Crippen molar-refractivity contribution in [3.63, 3.8) is 0 Å². The number of hydrogen-bond acceptors (Lipinski definition) is 3. The van der Waals surface area contributed by atoms with E-state index >= 15 is 0 Å². The van der Waals surface area contributed by atoms with Gasteiger partial charge in [-0.05, 0) is 94.3 Å². The zero-order chi connectivity index (χ0) is 40.9. The fourth-order valence-electron chi connectivity index (χ4n) is 9.71. The number of benzene rings is 8. The number of fused-ring (bicyclic) bond motifs is 4. The van der Waals surface area contributed by atoms with Crippen molar-refractivity contribution >= 4 is 73.4 Å². The van der Waals surface area contributed by atoms with Crippen molar-refractivity contribution in [2.75, 3.05) is 16.5 Å². The fraction of sp³-hybridized carbons (Fsp3) is 0.0536. The van der Waals surface area contributed by atoms with Gasteiger partial charge in [0, 0.05) is 17.4 Å². The zero-order valence-electron chi connectivity index (χ0n) is 34.4. The van der Waals surface area contributed by atoms with E-state index in [9.17, 15) is 0 Å². The summed E-state index contributed by atoms with van der Waals surface area (Å²) >= 11 is 0. The van der Waals surface area contributed by atoms with Crippen LogP contribution in [0.2, 0.25) is 0 Å². The molecule has 10 aromatic rings. The SMILES string of the molecule is Cc1cccc(C)c1-c1ccnc(-n2c3[c-]c([Si](c4[c-]c(N5CN(c6ccccc6)c6ccccc65)ccc4)(c4ccccc4)c4ccccc4)ccc3c3ccccc32)c1.[Pt+2]. The van der Waals surface area contributed by atoms with E-state index in [4.69, 9.17) is 4.98 Å². The molecular formula is C56H42N4PtSi. The minimum Gasteiger partial charge on any atom is -0.345 e. The van der Waals surface area contributed by atoms with Crippen LogP contribution in [0.1, 0.15) is 11.1 Å². The molecule has 1 aliphatic heterocycles. The van der Waals surface area contributed by atoms with Gasteiger partial charge in [0.2, 0.25) is 0 Å². The Labute approximate surface area is 378 Å². The van der Waals surface area contributed by atoms with Gasteiger partial charge in [-0.25, -0.2) is 4.98 Å². The van der Waals surface area contributed by atoms with Gasteiger partial charge in [0.25, 0.3) is 0 Å². The Morgan fingerprint density at radius 2 is 1.11 bits per heavy atom. The molecule has 0 bridgehead atoms. The molecule has 62 heavy (non-hydrogen) atoms. The molecule has 0 spiro atoms. The number of anilines is 4. The smallest absolute Gasteiger partial charge is 0.345 e. The Morgan fingerprint density at radius 3 is 1.82 bits per heavy atom. The van der Waals surface area contributed by atoms with E-state index < -0.39 is 8.07 Å². The Kier molecular flexibility index (Phi) is 10.3. The molecule has 0 aliphatic carbocycles. The molecule has 0 fully saturated rings. The second-order valence-corrected chi connectivity index (χ2v) is 19.6. The van der Waals surface area contributed by atoms with E-state index in [0.29, 0.717) is 6.67 Å². The van der Waals surface area contributed by atoms with Crippen LogP contribution in [0.25, 0.3) is 38.8 Å². The minimum atomic E-state index is -3.11. The molecule has 6 heteroatoms. The van der Waals surface area contributed by atoms with Crippen molar-refractivity contribution in [1.82, 2.24) is 9.55 Å². The number of aryl methyl sites for hydroxylation is 2. The minimum absolute atomic E-state index is 0. The number of rotatable bonds is 8. The molecule has 2 aromatic heterocycles. The van der Waals surface area contributed by atoms with Crippen molar-refractivity contribution in [3.05, 3.63) is 230 Å². The number of aromatic nitrogens is 2. The molecule has 0 saturated carbocycles. The largest absolute Gasteiger partial charge is 2.00 e. The van der Waals surface area contributed by atoms with Gasteiger partial charge in [0.15, 0.2) is 0 Å². The van der Waals surface area contributed by atoms with Crippen molar-refractivity contribution < 1.29 is 21.1 Å². The Morgan fingerprint density at radius 1 is 0.516 bits per heavy atom. The fourth-order valence-corrected chi connectivity index (χ4v) is 14.3. The van der Waals surface area contributed by atoms with E-state index in [1.807, 2.05) is 6.20 Å². The summed E-state index contributed by atoms with van der Waals surface area (Å²) < 4.78 is 2.32. The summed E-state index contributed by atoms with van der Waals surface area (Å²) in [6.07, 6.45) is 1.95. The molecule has 300 valence electrons. The maximum Gasteiger partial charge on any atom is 2.00 e. The summed E-state index contributed by atoms with van der Waals surface area (Å²) in [6.45, 7) is 5.06. The molecule has 11 rings (SSSR count). The molecule has 0 unspecified atom stereocenters. The average molecular weight is 994 g/mol. The first-order valence-corrected chi connectivity index (χ1v) is 22.9. The Hall–Kier alpha value is -6.78. The van der Waals surface area contributed by atoms with Crippen LogP contribution in [0.3, 0.4) is 0 Å². The number of hydrogen-bond donors (Lipinski definition) is 0. The van der Waals surface area contributed by atoms with Crippen molar-refractivity contribution in [1.29, 1.82) is 0 Å². The number of para-hydroxylation sites is 4. The maximum atomic E-state index is 5.07. The molecule has 0 atom stereocenters. The van der Waals surface area contributed by atoms with Gasteiger partial charge in [-0.15, -0.1) is 11.5 Å². The predicted molar refractivity (Wildman–Crippen MR) is 257 cm³/mol. The molecule has 0 amide bonds. The topological polar surface area (TPSA) is 24.3 Å². The normalized spacial score (nSPS) is 12.4. The van der Waals surface area contributed by atoms with Gasteiger partial charge in [-0.2, -0.15) is 46.8 Å². The summed E-state index contributed by atoms with van der Waals surface area (Å²) in [4.78, 5) is 9.87. The van der Waals surface area contributed by atoms with E-state index in [1.54, 1.807) is 0 Å². The Bertz CT molecular complexity index is 3160. The van der Waals surface area contributed by atoms with Gasteiger partial charge >= 0.3 is 21.1 Å². The zero-order valence-corrected chi connectivity index (χ0v) is 37.7. The molecule has 8 aromatic carbocycles. The summed E-state index contributed by atoms with van der Waals surface area (Å²) in [5, 5.41) is 7.21. The molecular weight excluding hydrogens is 952 g/mol. The van der Waals surface area contributed by atoms with E-state index in [2.05, 4.69) is 241 Å². The monoisotopic (exact) mass is 993 g/mol. The molecule has 1 aliphatic rings. The third kappa shape index (κ3) is 6.43. The van der Waals surface area contributed by atoms with Crippen LogP contribution in [-0.2, 0) is 21.1 Å². The van der Waals surface area contributed by atoms with Crippen LogP contribution in [0.15, 0.2) is 206 Å². The van der Waals surface area contributed by atoms with Crippen LogP contribution in [-0.4, -0.2) is 24.3 Å². The number of nitrogens with zero attached hydrogens (tertiary/aromatic N) is 4. The standard InChI is InChI=1S/C56H42N4Si.Pt/c1-40-18-16-19-41(2)56(40)42-34-35-57-55(36-42)60-51-29-13-12-28-49(51)50-33-32-48(38-54(50)60)61(45-23-8-4-9-24-45,46-25-10-5-11-26-46)47-27-17-22-44(37-47)59-39-58(43-20-6-3-7-21-43)52-30-14-15-31-53(52)59;/h3-36H,39H2,1-2H3;/q-2;+2. The molecule has 0 N–H and O–H groups in total. The van der Waals surface area contributed by atoms with E-state index in [-0.39, 0.29) is 21.1 Å². The summed E-state index contributed by atoms with van der Waals surface area (Å²) in [5.74, 6) is 0.871. The predicted octanol–water partition coefficient (Wildman–Crippen LogP) is 10.7. The first-order chi connectivity index (χ1) is 30.1. The van der Waals surface area contributed by atoms with Crippen molar-refractivity contribution in [3.8, 4) is 16.9 Å². The molecule has 0 saturated heterocycles.